The summed E-state index contributed by atoms with van der Waals surface area (Å²) in [6.07, 6.45) is -1.81. The molecule has 3 rings (SSSR count). The van der Waals surface area contributed by atoms with E-state index >= 15 is 0 Å². The number of ether oxygens (including phenoxy) is 3. The molecule has 2 amide bonds. The topological polar surface area (TPSA) is 99.9 Å². The number of carbonyl (C=O) groups is 2. The van der Waals surface area contributed by atoms with Crippen LogP contribution in [0, 0.1) is 11.6 Å². The van der Waals surface area contributed by atoms with Crippen LogP contribution in [0.4, 0.5) is 19.3 Å². The first-order chi connectivity index (χ1) is 12.9. The molecule has 0 fully saturated rings. The van der Waals surface area contributed by atoms with Gasteiger partial charge in [0.15, 0.2) is 11.6 Å². The van der Waals surface area contributed by atoms with E-state index in [0.717, 1.165) is 12.1 Å². The number of rotatable bonds is 4. The summed E-state index contributed by atoms with van der Waals surface area (Å²) in [6, 6.07) is 6.12. The molecule has 2 aromatic rings. The second-order valence-corrected chi connectivity index (χ2v) is 5.70. The lowest BCUT2D eigenvalue weighted by atomic mass is 9.98. The van der Waals surface area contributed by atoms with Crippen LogP contribution >= 0.6 is 0 Å². The number of nitrogens with one attached hydrogen (secondary N) is 1. The Labute approximate surface area is 153 Å². The molecule has 1 atom stereocenters. The SMILES string of the molecule is COc1cc(NC(=O)c2ccc(F)c3c2OCC[C@@H]3OC(N)=O)ccc1F. The standard InChI is InChI=1S/C18H16F2N2O5/c1-25-14-8-9(2-4-11(14)19)22-17(23)10-3-5-12(20)15-13(27-18(21)24)6-7-26-16(10)15/h2-5,8,13H,6-7H2,1H3,(H2,21,24)(H,22,23)/t13-/m0/s1. The van der Waals surface area contributed by atoms with Gasteiger partial charge in [-0.15, -0.1) is 0 Å². The largest absolute Gasteiger partial charge is 0.494 e. The molecule has 0 saturated heterocycles. The number of methoxy groups -OCH3 is 1. The van der Waals surface area contributed by atoms with Crippen molar-refractivity contribution >= 4 is 17.7 Å². The Morgan fingerprint density at radius 1 is 1.22 bits per heavy atom. The van der Waals surface area contributed by atoms with Crippen molar-refractivity contribution in [1.29, 1.82) is 0 Å². The van der Waals surface area contributed by atoms with Crippen LogP contribution < -0.4 is 20.5 Å². The summed E-state index contributed by atoms with van der Waals surface area (Å²) in [5, 5.41) is 2.56. The molecule has 9 heteroatoms. The Morgan fingerprint density at radius 2 is 1.96 bits per heavy atom. The molecule has 1 aliphatic rings. The van der Waals surface area contributed by atoms with Gasteiger partial charge in [0.1, 0.15) is 17.7 Å². The summed E-state index contributed by atoms with van der Waals surface area (Å²) in [7, 11) is 1.30. The van der Waals surface area contributed by atoms with Gasteiger partial charge in [0, 0.05) is 18.2 Å². The van der Waals surface area contributed by atoms with Gasteiger partial charge in [-0.3, -0.25) is 4.79 Å². The lowest BCUT2D eigenvalue weighted by Crippen LogP contribution is -2.25. The average molecular weight is 378 g/mol. The Balaban J connectivity index is 1.93. The third kappa shape index (κ3) is 3.76. The van der Waals surface area contributed by atoms with Crippen molar-refractivity contribution in [3.8, 4) is 11.5 Å². The highest BCUT2D eigenvalue weighted by atomic mass is 19.1. The highest BCUT2D eigenvalue weighted by Gasteiger charge is 2.31. The molecule has 142 valence electrons. The number of anilines is 1. The Kier molecular flexibility index (Phi) is 5.11. The van der Waals surface area contributed by atoms with E-state index in [9.17, 15) is 18.4 Å². The maximum absolute atomic E-state index is 14.3. The second kappa shape index (κ2) is 7.48. The molecular formula is C18H16F2N2O5. The molecular weight excluding hydrogens is 362 g/mol. The van der Waals surface area contributed by atoms with Crippen LogP contribution in [-0.4, -0.2) is 25.7 Å². The first-order valence-corrected chi connectivity index (χ1v) is 7.97. The van der Waals surface area contributed by atoms with Gasteiger partial charge in [-0.25, -0.2) is 13.6 Å². The number of nitrogens with two attached hydrogens (primary N) is 1. The maximum atomic E-state index is 14.3. The van der Waals surface area contributed by atoms with Crippen molar-refractivity contribution in [2.75, 3.05) is 19.0 Å². The molecule has 0 saturated carbocycles. The molecule has 27 heavy (non-hydrogen) atoms. The number of amides is 2. The van der Waals surface area contributed by atoms with E-state index in [0.29, 0.717) is 0 Å². The van der Waals surface area contributed by atoms with Crippen LogP contribution in [0.1, 0.15) is 28.4 Å². The molecule has 7 nitrogen and oxygen atoms in total. The number of benzene rings is 2. The summed E-state index contributed by atoms with van der Waals surface area (Å²) in [5.74, 6) is -1.95. The van der Waals surface area contributed by atoms with Crippen molar-refractivity contribution < 1.29 is 32.6 Å². The minimum atomic E-state index is -1.06. The number of hydrogen-bond donors (Lipinski definition) is 2. The molecule has 3 N–H and O–H groups in total. The monoisotopic (exact) mass is 378 g/mol. The van der Waals surface area contributed by atoms with Gasteiger partial charge in [-0.2, -0.15) is 0 Å². The van der Waals surface area contributed by atoms with Gasteiger partial charge in [-0.05, 0) is 24.3 Å². The fraction of sp³-hybridized carbons (Fsp3) is 0.222. The Hall–Kier alpha value is -3.36. The van der Waals surface area contributed by atoms with Crippen LogP contribution in [0.3, 0.4) is 0 Å². The lowest BCUT2D eigenvalue weighted by Gasteiger charge is -2.27. The quantitative estimate of drug-likeness (QED) is 0.851. The summed E-state index contributed by atoms with van der Waals surface area (Å²) < 4.78 is 43.0. The Bertz CT molecular complexity index is 904. The van der Waals surface area contributed by atoms with Crippen LogP contribution in [-0.2, 0) is 4.74 Å². The van der Waals surface area contributed by atoms with Crippen LogP contribution in [0.5, 0.6) is 11.5 Å². The molecule has 1 heterocycles. The maximum Gasteiger partial charge on any atom is 0.405 e. The normalized spacial score (nSPS) is 15.3. The number of primary amides is 1. The molecule has 2 aromatic carbocycles. The van der Waals surface area contributed by atoms with Gasteiger partial charge >= 0.3 is 6.09 Å². The van der Waals surface area contributed by atoms with Gasteiger partial charge in [0.25, 0.3) is 5.91 Å². The zero-order valence-corrected chi connectivity index (χ0v) is 14.3. The summed E-state index contributed by atoms with van der Waals surface area (Å²) in [4.78, 5) is 23.7. The predicted molar refractivity (Wildman–Crippen MR) is 90.8 cm³/mol. The molecule has 0 spiro atoms. The molecule has 1 aliphatic heterocycles. The number of fused-ring (bicyclic) bond motifs is 1. The van der Waals surface area contributed by atoms with Gasteiger partial charge in [-0.1, -0.05) is 0 Å². The molecule has 0 unspecified atom stereocenters. The minimum Gasteiger partial charge on any atom is -0.494 e. The molecule has 0 aromatic heterocycles. The smallest absolute Gasteiger partial charge is 0.405 e. The summed E-state index contributed by atoms with van der Waals surface area (Å²) in [5.41, 5.74) is 5.28. The van der Waals surface area contributed by atoms with Crippen molar-refractivity contribution in [2.45, 2.75) is 12.5 Å². The van der Waals surface area contributed by atoms with Crippen LogP contribution in [0.15, 0.2) is 30.3 Å². The van der Waals surface area contributed by atoms with E-state index in [1.54, 1.807) is 0 Å². The zero-order valence-electron chi connectivity index (χ0n) is 14.3. The fourth-order valence-electron chi connectivity index (χ4n) is 2.82. The number of hydrogen-bond acceptors (Lipinski definition) is 5. The highest BCUT2D eigenvalue weighted by molar-refractivity contribution is 6.06. The molecule has 0 bridgehead atoms. The van der Waals surface area contributed by atoms with Crippen LogP contribution in [0.25, 0.3) is 0 Å². The molecule has 0 aliphatic carbocycles. The number of halogens is 2. The van der Waals surface area contributed by atoms with Gasteiger partial charge in [0.2, 0.25) is 0 Å². The van der Waals surface area contributed by atoms with E-state index < -0.39 is 29.7 Å². The van der Waals surface area contributed by atoms with E-state index in [4.69, 9.17) is 19.9 Å². The minimum absolute atomic E-state index is 0.0286. The highest BCUT2D eigenvalue weighted by Crippen LogP contribution is 2.39. The van der Waals surface area contributed by atoms with Gasteiger partial charge in [0.05, 0.1) is 24.8 Å². The van der Waals surface area contributed by atoms with E-state index in [2.05, 4.69) is 5.32 Å². The number of carbonyl (C=O) groups excluding carboxylic acids is 2. The summed E-state index contributed by atoms with van der Waals surface area (Å²) in [6.45, 7) is 0.110. The summed E-state index contributed by atoms with van der Waals surface area (Å²) >= 11 is 0. The lowest BCUT2D eigenvalue weighted by molar-refractivity contribution is 0.0731. The third-order valence-electron chi connectivity index (χ3n) is 4.00. The first kappa shape index (κ1) is 18.4. The van der Waals surface area contributed by atoms with E-state index in [1.165, 1.54) is 25.3 Å². The van der Waals surface area contributed by atoms with E-state index in [1.807, 2.05) is 0 Å². The van der Waals surface area contributed by atoms with Crippen molar-refractivity contribution in [3.05, 3.63) is 53.1 Å². The second-order valence-electron chi connectivity index (χ2n) is 5.70. The fourth-order valence-corrected chi connectivity index (χ4v) is 2.82. The van der Waals surface area contributed by atoms with Crippen molar-refractivity contribution in [3.63, 3.8) is 0 Å². The van der Waals surface area contributed by atoms with Crippen molar-refractivity contribution in [1.82, 2.24) is 0 Å². The Morgan fingerprint density at radius 3 is 2.67 bits per heavy atom. The predicted octanol–water partition coefficient (Wildman–Crippen LogP) is 3.14. The van der Waals surface area contributed by atoms with Gasteiger partial charge < -0.3 is 25.3 Å². The zero-order chi connectivity index (χ0) is 19.6. The average Bonchev–Trinajstić information content (AvgIpc) is 2.63. The first-order valence-electron chi connectivity index (χ1n) is 7.97. The van der Waals surface area contributed by atoms with Crippen LogP contribution in [0.2, 0.25) is 0 Å². The van der Waals surface area contributed by atoms with Crippen molar-refractivity contribution in [2.24, 2.45) is 5.73 Å². The van der Waals surface area contributed by atoms with E-state index in [-0.39, 0.29) is 41.3 Å². The third-order valence-corrected chi connectivity index (χ3v) is 4.00. The molecule has 0 radical (unpaired) electrons.